The largest absolute Gasteiger partial charge is 0.497 e. The molecule has 1 aromatic rings. The lowest BCUT2D eigenvalue weighted by molar-refractivity contribution is -0.182. The lowest BCUT2D eigenvalue weighted by Gasteiger charge is -2.54. The number of imide groups is 1. The maximum absolute atomic E-state index is 13.5. The van der Waals surface area contributed by atoms with Crippen LogP contribution < -0.4 is 4.74 Å². The van der Waals surface area contributed by atoms with Crippen LogP contribution in [0.5, 0.6) is 5.75 Å². The molecule has 179 valence electrons. The Hall–Kier alpha value is -2.52. The van der Waals surface area contributed by atoms with Crippen LogP contribution in [0.15, 0.2) is 18.2 Å². The number of nitrogens with zero attached hydrogens (tertiary/aromatic N) is 1. The van der Waals surface area contributed by atoms with Gasteiger partial charge in [-0.25, -0.2) is 4.79 Å². The molecule has 1 radical (unpaired) electrons. The number of ketones is 1. The fourth-order valence-electron chi connectivity index (χ4n) is 4.97. The first-order chi connectivity index (χ1) is 15.4. The van der Waals surface area contributed by atoms with E-state index in [0.717, 1.165) is 10.5 Å². The molecule has 8 nitrogen and oxygen atoms in total. The van der Waals surface area contributed by atoms with Crippen molar-refractivity contribution < 1.29 is 33.4 Å². The smallest absolute Gasteiger partial charge is 0.395 e. The van der Waals surface area contributed by atoms with Gasteiger partial charge in [0.15, 0.2) is 5.78 Å². The first-order valence-electron chi connectivity index (χ1n) is 11.1. The second kappa shape index (κ2) is 9.38. The number of carbonyl (C=O) groups is 4. The number of methoxy groups -OCH3 is 1. The van der Waals surface area contributed by atoms with Crippen molar-refractivity contribution in [3.8, 4) is 5.75 Å². The molecular weight excluding hydrogens is 442 g/mol. The number of amides is 2. The molecule has 0 aromatic heterocycles. The predicted molar refractivity (Wildman–Crippen MR) is 122 cm³/mol. The fraction of sp³-hybridized carbons (Fsp3) is 0.583. The minimum absolute atomic E-state index is 0.172. The predicted octanol–water partition coefficient (Wildman–Crippen LogP) is 2.81. The molecule has 0 unspecified atom stereocenters. The average molecular weight is 475 g/mol. The number of rotatable bonds is 6. The standard InChI is InChI=1S/C24H32NO7Si/c1-24(2,3)17(12-32-33(5)6)18-19(25(21(18)27)22(28)23(29)30)16-9-7-13-11-14(31-4)8-10-15(13)20(16)26/h8,10-11,16-19H,7,9,12H2,1-6H3,(H,29,30)/t16-,17-,18+,19-/m1/s1. The molecule has 3 rings (SSSR count). The highest BCUT2D eigenvalue weighted by molar-refractivity contribution is 6.48. The molecule has 0 bridgehead atoms. The third-order valence-corrected chi connectivity index (χ3v) is 7.48. The maximum Gasteiger partial charge on any atom is 0.395 e. The van der Waals surface area contributed by atoms with Gasteiger partial charge in [0, 0.05) is 18.1 Å². The molecule has 0 spiro atoms. The molecule has 33 heavy (non-hydrogen) atoms. The van der Waals surface area contributed by atoms with Crippen LogP contribution in [-0.4, -0.2) is 62.4 Å². The maximum atomic E-state index is 13.5. The number of aliphatic carboxylic acids is 1. The molecule has 9 heteroatoms. The molecule has 1 aliphatic heterocycles. The number of ether oxygens (including phenoxy) is 1. The van der Waals surface area contributed by atoms with Crippen LogP contribution in [0.4, 0.5) is 0 Å². The summed E-state index contributed by atoms with van der Waals surface area (Å²) in [7, 11) is 0.529. The van der Waals surface area contributed by atoms with Crippen molar-refractivity contribution in [3.05, 3.63) is 29.3 Å². The van der Waals surface area contributed by atoms with E-state index in [-0.39, 0.29) is 17.1 Å². The summed E-state index contributed by atoms with van der Waals surface area (Å²) in [5.74, 6) is -4.62. The highest BCUT2D eigenvalue weighted by atomic mass is 28.3. The normalized spacial score (nSPS) is 23.7. The van der Waals surface area contributed by atoms with Gasteiger partial charge in [-0.2, -0.15) is 0 Å². The Bertz CT molecular complexity index is 968. The number of carboxylic acids is 1. The molecule has 2 amide bonds. The van der Waals surface area contributed by atoms with Crippen LogP contribution in [0.1, 0.15) is 43.1 Å². The summed E-state index contributed by atoms with van der Waals surface area (Å²) in [6.45, 7) is 10.3. The van der Waals surface area contributed by atoms with Gasteiger partial charge in [-0.15, -0.1) is 0 Å². The second-order valence-corrected chi connectivity index (χ2v) is 12.2. The fourth-order valence-corrected chi connectivity index (χ4v) is 5.48. The third-order valence-electron chi connectivity index (χ3n) is 6.74. The van der Waals surface area contributed by atoms with Gasteiger partial charge in [0.25, 0.3) is 0 Å². The SMILES string of the molecule is COc1ccc2c(c1)CC[C@H]([C@@H]1[C@H]([C@@H](CO[Si](C)C)C(C)(C)C)C(=O)N1C(=O)C(=O)O)C2=O. The number of fused-ring (bicyclic) bond motifs is 1. The van der Waals surface area contributed by atoms with Crippen LogP contribution in [0.3, 0.4) is 0 Å². The first kappa shape index (κ1) is 25.1. The zero-order chi connectivity index (χ0) is 24.7. The Morgan fingerprint density at radius 2 is 1.91 bits per heavy atom. The summed E-state index contributed by atoms with van der Waals surface area (Å²) < 4.78 is 11.2. The lowest BCUT2D eigenvalue weighted by Crippen LogP contribution is -2.71. The van der Waals surface area contributed by atoms with E-state index < -0.39 is 44.7 Å². The number of hydrogen-bond donors (Lipinski definition) is 1. The monoisotopic (exact) mass is 474 g/mol. The second-order valence-electron chi connectivity index (χ2n) is 10.1. The van der Waals surface area contributed by atoms with E-state index in [0.29, 0.717) is 30.8 Å². The number of hydrogen-bond acceptors (Lipinski definition) is 6. The zero-order valence-electron chi connectivity index (χ0n) is 20.0. The van der Waals surface area contributed by atoms with Crippen molar-refractivity contribution in [1.82, 2.24) is 4.90 Å². The summed E-state index contributed by atoms with van der Waals surface area (Å²) >= 11 is 0. The molecule has 0 saturated carbocycles. The van der Waals surface area contributed by atoms with Gasteiger partial charge in [-0.1, -0.05) is 20.8 Å². The molecule has 1 N–H and O–H groups in total. The highest BCUT2D eigenvalue weighted by Crippen LogP contribution is 2.47. The van der Waals surface area contributed by atoms with Gasteiger partial charge in [0.2, 0.25) is 14.9 Å². The minimum atomic E-state index is -1.70. The quantitative estimate of drug-likeness (QED) is 0.383. The summed E-state index contributed by atoms with van der Waals surface area (Å²) in [6, 6.07) is 4.43. The van der Waals surface area contributed by atoms with Crippen LogP contribution in [-0.2, 0) is 25.2 Å². The number of benzene rings is 1. The van der Waals surface area contributed by atoms with E-state index >= 15 is 0 Å². The average Bonchev–Trinajstić information content (AvgIpc) is 2.73. The first-order valence-corrected chi connectivity index (χ1v) is 13.5. The number of carbonyl (C=O) groups excluding carboxylic acids is 3. The van der Waals surface area contributed by atoms with E-state index in [9.17, 15) is 24.3 Å². The Kier molecular flexibility index (Phi) is 7.14. The van der Waals surface area contributed by atoms with Gasteiger partial charge >= 0.3 is 11.9 Å². The molecule has 1 heterocycles. The Labute approximate surface area is 196 Å². The Balaban J connectivity index is 2.01. The van der Waals surface area contributed by atoms with Crippen LogP contribution >= 0.6 is 0 Å². The number of β-lactam (4-membered cyclic amide) rings is 1. The van der Waals surface area contributed by atoms with Crippen LogP contribution in [0.25, 0.3) is 0 Å². The van der Waals surface area contributed by atoms with Crippen molar-refractivity contribution in [2.24, 2.45) is 23.2 Å². The molecule has 4 atom stereocenters. The molecule has 2 aliphatic rings. The van der Waals surface area contributed by atoms with Gasteiger partial charge in [-0.3, -0.25) is 19.3 Å². The summed E-state index contributed by atoms with van der Waals surface area (Å²) in [5, 5.41) is 9.33. The molecule has 1 aromatic carbocycles. The minimum Gasteiger partial charge on any atom is -0.497 e. The van der Waals surface area contributed by atoms with Gasteiger partial charge in [0.1, 0.15) is 5.75 Å². The Morgan fingerprint density at radius 1 is 1.24 bits per heavy atom. The van der Waals surface area contributed by atoms with Crippen molar-refractivity contribution >= 4 is 32.6 Å². The van der Waals surface area contributed by atoms with E-state index in [2.05, 4.69) is 0 Å². The van der Waals surface area contributed by atoms with Gasteiger partial charge < -0.3 is 14.3 Å². The number of aryl methyl sites for hydroxylation is 1. The summed E-state index contributed by atoms with van der Waals surface area (Å²) in [6.07, 6.45) is 0.994. The third kappa shape index (κ3) is 4.75. The van der Waals surface area contributed by atoms with Crippen LogP contribution in [0.2, 0.25) is 13.1 Å². The van der Waals surface area contributed by atoms with Crippen molar-refractivity contribution in [3.63, 3.8) is 0 Å². The Morgan fingerprint density at radius 3 is 2.45 bits per heavy atom. The molecule has 1 saturated heterocycles. The van der Waals surface area contributed by atoms with Crippen LogP contribution in [0, 0.1) is 23.2 Å². The van der Waals surface area contributed by atoms with E-state index in [1.165, 1.54) is 0 Å². The summed E-state index contributed by atoms with van der Waals surface area (Å²) in [5.41, 5.74) is 1.04. The topological polar surface area (TPSA) is 110 Å². The van der Waals surface area contributed by atoms with Crippen molar-refractivity contribution in [2.45, 2.75) is 52.7 Å². The number of Topliss-reactive ketones (excluding diaryl/α,β-unsaturated/α-hetero) is 1. The van der Waals surface area contributed by atoms with Crippen molar-refractivity contribution in [1.29, 1.82) is 0 Å². The zero-order valence-corrected chi connectivity index (χ0v) is 21.0. The van der Waals surface area contributed by atoms with Crippen molar-refractivity contribution in [2.75, 3.05) is 13.7 Å². The molecule has 1 aliphatic carbocycles. The van der Waals surface area contributed by atoms with E-state index in [4.69, 9.17) is 9.16 Å². The highest BCUT2D eigenvalue weighted by Gasteiger charge is 2.61. The molecule has 1 fully saturated rings. The van der Waals surface area contributed by atoms with E-state index in [1.807, 2.05) is 39.9 Å². The molecular formula is C24H32NO7Si. The van der Waals surface area contributed by atoms with Gasteiger partial charge in [-0.05, 0) is 61.0 Å². The summed E-state index contributed by atoms with van der Waals surface area (Å²) in [4.78, 5) is 51.5. The van der Waals surface area contributed by atoms with Gasteiger partial charge in [0.05, 0.1) is 19.1 Å². The number of carboxylic acid groups (broad SMARTS) is 1. The lowest BCUT2D eigenvalue weighted by atomic mass is 9.61. The van der Waals surface area contributed by atoms with E-state index in [1.54, 1.807) is 19.2 Å². The number of likely N-dealkylation sites (tertiary alicyclic amines) is 1.